The van der Waals surface area contributed by atoms with E-state index >= 15 is 0 Å². The normalized spacial score (nSPS) is 14.2. The lowest BCUT2D eigenvalue weighted by Crippen LogP contribution is -2.26. The molecule has 132 valence electrons. The zero-order chi connectivity index (χ0) is 18.0. The van der Waals surface area contributed by atoms with Crippen LogP contribution in [0.25, 0.3) is 6.08 Å². The average molecular weight is 356 g/mol. The zero-order valence-corrected chi connectivity index (χ0v) is 15.7. The van der Waals surface area contributed by atoms with Gasteiger partial charge in [0.15, 0.2) is 4.77 Å². The molecule has 0 spiro atoms. The van der Waals surface area contributed by atoms with E-state index < -0.39 is 0 Å². The summed E-state index contributed by atoms with van der Waals surface area (Å²) in [5.41, 5.74) is 4.74. The van der Waals surface area contributed by atoms with Crippen LogP contribution in [-0.4, -0.2) is 27.2 Å². The molecule has 1 aliphatic rings. The van der Waals surface area contributed by atoms with E-state index in [4.69, 9.17) is 12.2 Å². The molecule has 25 heavy (non-hydrogen) atoms. The standard InChI is InChI=1S/C19H24N4OS/c1-12-10-14(3)16(11-13(12)2)6-7-17(24)20-8-9-23-18(15-4-5-15)21-22-19(23)25/h6-7,10-11,15H,4-5,8-9H2,1-3H3,(H,20,24)(H,22,25). The van der Waals surface area contributed by atoms with Crippen LogP contribution in [0.3, 0.4) is 0 Å². The fourth-order valence-electron chi connectivity index (χ4n) is 2.88. The summed E-state index contributed by atoms with van der Waals surface area (Å²) in [5, 5.41) is 10.1. The second-order valence-corrected chi connectivity index (χ2v) is 7.12. The molecule has 2 aromatic rings. The van der Waals surface area contributed by atoms with E-state index in [2.05, 4.69) is 48.4 Å². The van der Waals surface area contributed by atoms with Crippen LogP contribution in [0.5, 0.6) is 0 Å². The highest BCUT2D eigenvalue weighted by molar-refractivity contribution is 7.71. The third-order valence-corrected chi connectivity index (χ3v) is 4.97. The van der Waals surface area contributed by atoms with E-state index in [0.717, 1.165) is 11.4 Å². The first-order chi connectivity index (χ1) is 12.0. The van der Waals surface area contributed by atoms with Crippen LogP contribution < -0.4 is 5.32 Å². The van der Waals surface area contributed by atoms with Crippen molar-refractivity contribution in [2.45, 2.75) is 46.1 Å². The van der Waals surface area contributed by atoms with Gasteiger partial charge in [-0.1, -0.05) is 12.1 Å². The molecule has 1 amide bonds. The maximum atomic E-state index is 12.1. The zero-order valence-electron chi connectivity index (χ0n) is 14.9. The minimum absolute atomic E-state index is 0.0967. The monoisotopic (exact) mass is 356 g/mol. The van der Waals surface area contributed by atoms with Gasteiger partial charge in [0.05, 0.1) is 0 Å². The fraction of sp³-hybridized carbons (Fsp3) is 0.421. The molecule has 0 atom stereocenters. The van der Waals surface area contributed by atoms with Gasteiger partial charge in [-0.3, -0.25) is 9.89 Å². The number of aryl methyl sites for hydroxylation is 3. The van der Waals surface area contributed by atoms with Crippen LogP contribution >= 0.6 is 12.2 Å². The molecular weight excluding hydrogens is 332 g/mol. The van der Waals surface area contributed by atoms with Gasteiger partial charge in [0.25, 0.3) is 0 Å². The lowest BCUT2D eigenvalue weighted by molar-refractivity contribution is -0.116. The van der Waals surface area contributed by atoms with Crippen molar-refractivity contribution >= 4 is 24.2 Å². The fourth-order valence-corrected chi connectivity index (χ4v) is 3.11. The molecule has 0 radical (unpaired) electrons. The molecule has 0 saturated heterocycles. The average Bonchev–Trinajstić information content (AvgIpc) is 3.34. The number of carbonyl (C=O) groups excluding carboxylic acids is 1. The molecule has 0 aliphatic heterocycles. The highest BCUT2D eigenvalue weighted by atomic mass is 32.1. The number of benzene rings is 1. The molecule has 0 bridgehead atoms. The van der Waals surface area contributed by atoms with Gasteiger partial charge >= 0.3 is 0 Å². The Balaban J connectivity index is 1.56. The first kappa shape index (κ1) is 17.6. The van der Waals surface area contributed by atoms with Gasteiger partial charge in [0.2, 0.25) is 5.91 Å². The van der Waals surface area contributed by atoms with Crippen LogP contribution in [-0.2, 0) is 11.3 Å². The molecule has 1 aromatic carbocycles. The molecule has 6 heteroatoms. The molecule has 3 rings (SSSR count). The van der Waals surface area contributed by atoms with Crippen molar-refractivity contribution in [3.8, 4) is 0 Å². The molecule has 1 fully saturated rings. The van der Waals surface area contributed by atoms with E-state index in [1.165, 1.54) is 29.5 Å². The number of nitrogens with one attached hydrogen (secondary N) is 2. The summed E-state index contributed by atoms with van der Waals surface area (Å²) < 4.78 is 2.61. The van der Waals surface area contributed by atoms with E-state index in [-0.39, 0.29) is 5.91 Å². The van der Waals surface area contributed by atoms with Crippen molar-refractivity contribution in [1.82, 2.24) is 20.1 Å². The summed E-state index contributed by atoms with van der Waals surface area (Å²) in [4.78, 5) is 12.1. The predicted octanol–water partition coefficient (Wildman–Crippen LogP) is 3.57. The lowest BCUT2D eigenvalue weighted by atomic mass is 10.0. The van der Waals surface area contributed by atoms with Crippen LogP contribution in [0.1, 0.15) is 46.8 Å². The highest BCUT2D eigenvalue weighted by Gasteiger charge is 2.28. The second kappa shape index (κ2) is 7.35. The molecule has 1 saturated carbocycles. The third-order valence-electron chi connectivity index (χ3n) is 4.66. The van der Waals surface area contributed by atoms with Crippen molar-refractivity contribution in [3.63, 3.8) is 0 Å². The molecule has 0 unspecified atom stereocenters. The summed E-state index contributed by atoms with van der Waals surface area (Å²) in [6.07, 6.45) is 5.80. The number of hydrogen-bond acceptors (Lipinski definition) is 3. The Morgan fingerprint density at radius 3 is 2.76 bits per heavy atom. The van der Waals surface area contributed by atoms with Crippen molar-refractivity contribution in [3.05, 3.63) is 51.1 Å². The maximum Gasteiger partial charge on any atom is 0.244 e. The number of aromatic amines is 1. The number of hydrogen-bond donors (Lipinski definition) is 2. The Hall–Kier alpha value is -2.21. The van der Waals surface area contributed by atoms with E-state index in [1.807, 2.05) is 10.6 Å². The summed E-state index contributed by atoms with van der Waals surface area (Å²) in [6, 6.07) is 4.26. The van der Waals surface area contributed by atoms with Gasteiger partial charge in [-0.15, -0.1) is 0 Å². The first-order valence-corrected chi connectivity index (χ1v) is 9.05. The van der Waals surface area contributed by atoms with Gasteiger partial charge in [-0.25, -0.2) is 0 Å². The Morgan fingerprint density at radius 2 is 2.04 bits per heavy atom. The molecule has 1 heterocycles. The first-order valence-electron chi connectivity index (χ1n) is 8.64. The van der Waals surface area contributed by atoms with Crippen molar-refractivity contribution in [2.24, 2.45) is 0 Å². The van der Waals surface area contributed by atoms with E-state index in [0.29, 0.717) is 23.8 Å². The third kappa shape index (κ3) is 4.25. The van der Waals surface area contributed by atoms with Gasteiger partial charge < -0.3 is 9.88 Å². The molecular formula is C19H24N4OS. The largest absolute Gasteiger partial charge is 0.351 e. The van der Waals surface area contributed by atoms with Gasteiger partial charge in [0.1, 0.15) is 5.82 Å². The molecule has 1 aliphatic carbocycles. The van der Waals surface area contributed by atoms with Gasteiger partial charge in [0, 0.05) is 25.1 Å². The predicted molar refractivity (Wildman–Crippen MR) is 102 cm³/mol. The SMILES string of the molecule is Cc1cc(C)c(C=CC(=O)NCCn2c(C3CC3)n[nH]c2=S)cc1C. The van der Waals surface area contributed by atoms with Crippen molar-refractivity contribution in [1.29, 1.82) is 0 Å². The van der Waals surface area contributed by atoms with Crippen LogP contribution in [0.2, 0.25) is 0 Å². The van der Waals surface area contributed by atoms with Gasteiger partial charge in [-0.2, -0.15) is 5.10 Å². The number of nitrogens with zero attached hydrogens (tertiary/aromatic N) is 2. The van der Waals surface area contributed by atoms with Crippen LogP contribution in [0.15, 0.2) is 18.2 Å². The smallest absolute Gasteiger partial charge is 0.244 e. The Bertz CT molecular complexity index is 874. The molecule has 5 nitrogen and oxygen atoms in total. The Kier molecular flexibility index (Phi) is 5.18. The number of H-pyrrole nitrogens is 1. The minimum atomic E-state index is -0.0967. The summed E-state index contributed by atoms with van der Waals surface area (Å²) in [5.74, 6) is 1.44. The minimum Gasteiger partial charge on any atom is -0.351 e. The maximum absolute atomic E-state index is 12.1. The lowest BCUT2D eigenvalue weighted by Gasteiger charge is -2.07. The Morgan fingerprint density at radius 1 is 1.32 bits per heavy atom. The van der Waals surface area contributed by atoms with Crippen LogP contribution in [0, 0.1) is 25.5 Å². The number of rotatable bonds is 6. The number of carbonyl (C=O) groups is 1. The highest BCUT2D eigenvalue weighted by Crippen LogP contribution is 2.38. The second-order valence-electron chi connectivity index (χ2n) is 6.73. The molecule has 1 aromatic heterocycles. The topological polar surface area (TPSA) is 62.7 Å². The van der Waals surface area contributed by atoms with E-state index in [1.54, 1.807) is 6.08 Å². The Labute approximate surface area is 153 Å². The number of aromatic nitrogens is 3. The number of amides is 1. The van der Waals surface area contributed by atoms with E-state index in [9.17, 15) is 4.79 Å². The summed E-state index contributed by atoms with van der Waals surface area (Å²) in [6.45, 7) is 7.41. The van der Waals surface area contributed by atoms with Crippen molar-refractivity contribution < 1.29 is 4.79 Å². The van der Waals surface area contributed by atoms with Gasteiger partial charge in [-0.05, 0) is 74.2 Å². The van der Waals surface area contributed by atoms with Crippen LogP contribution in [0.4, 0.5) is 0 Å². The molecule has 2 N–H and O–H groups in total. The summed E-state index contributed by atoms with van der Waals surface area (Å²) in [7, 11) is 0. The van der Waals surface area contributed by atoms with Crippen molar-refractivity contribution in [2.75, 3.05) is 6.54 Å². The quantitative estimate of drug-likeness (QED) is 0.614. The summed E-state index contributed by atoms with van der Waals surface area (Å²) >= 11 is 5.27.